The predicted molar refractivity (Wildman–Crippen MR) is 123 cm³/mol. The van der Waals surface area contributed by atoms with E-state index in [2.05, 4.69) is 16.7 Å². The minimum atomic E-state index is 0.0368. The van der Waals surface area contributed by atoms with Gasteiger partial charge in [-0.1, -0.05) is 30.3 Å². The molecule has 3 aromatic rings. The van der Waals surface area contributed by atoms with Gasteiger partial charge < -0.3 is 18.9 Å². The predicted octanol–water partition coefficient (Wildman–Crippen LogP) is 5.10. The summed E-state index contributed by atoms with van der Waals surface area (Å²) >= 11 is 0. The van der Waals surface area contributed by atoms with E-state index in [9.17, 15) is 4.79 Å². The Morgan fingerprint density at radius 2 is 1.68 bits per heavy atom. The van der Waals surface area contributed by atoms with Crippen molar-refractivity contribution in [1.29, 1.82) is 0 Å². The highest BCUT2D eigenvalue weighted by atomic mass is 16.5. The second-order valence-corrected chi connectivity index (χ2v) is 8.12. The highest BCUT2D eigenvalue weighted by Gasteiger charge is 2.29. The van der Waals surface area contributed by atoms with Crippen molar-refractivity contribution in [3.8, 4) is 22.7 Å². The van der Waals surface area contributed by atoms with Crippen molar-refractivity contribution >= 4 is 5.91 Å². The maximum Gasteiger partial charge on any atom is 0.255 e. The Bertz CT molecular complexity index is 1030. The Kier molecular flexibility index (Phi) is 6.14. The molecule has 0 spiro atoms. The molecule has 162 valence electrons. The minimum Gasteiger partial charge on any atom is -0.494 e. The zero-order valence-electron chi connectivity index (χ0n) is 18.7. The molecule has 1 fully saturated rings. The van der Waals surface area contributed by atoms with Gasteiger partial charge in [0.25, 0.3) is 5.91 Å². The molecule has 5 nitrogen and oxygen atoms in total. The molecule has 2 unspecified atom stereocenters. The van der Waals surface area contributed by atoms with Crippen molar-refractivity contribution in [2.45, 2.75) is 39.9 Å². The smallest absolute Gasteiger partial charge is 0.255 e. The number of benzene rings is 2. The van der Waals surface area contributed by atoms with Gasteiger partial charge in [0.05, 0.1) is 30.1 Å². The first kappa shape index (κ1) is 21.2. The molecule has 0 radical (unpaired) electrons. The quantitative estimate of drug-likeness (QED) is 0.579. The summed E-state index contributed by atoms with van der Waals surface area (Å²) in [7, 11) is 0. The van der Waals surface area contributed by atoms with Crippen LogP contribution in [0.4, 0.5) is 0 Å². The van der Waals surface area contributed by atoms with E-state index in [1.54, 1.807) is 0 Å². The number of aromatic nitrogens is 1. The zero-order chi connectivity index (χ0) is 22.0. The fraction of sp³-hybridized carbons (Fsp3) is 0.346. The van der Waals surface area contributed by atoms with Crippen LogP contribution < -0.4 is 4.74 Å². The van der Waals surface area contributed by atoms with Crippen LogP contribution in [-0.2, 0) is 4.74 Å². The molecular formula is C26H30N2O3. The van der Waals surface area contributed by atoms with E-state index in [4.69, 9.17) is 9.47 Å². The molecule has 1 amide bonds. The van der Waals surface area contributed by atoms with Crippen LogP contribution in [0.1, 0.15) is 36.8 Å². The summed E-state index contributed by atoms with van der Waals surface area (Å²) in [6.07, 6.45) is 0.0737. The van der Waals surface area contributed by atoms with Crippen molar-refractivity contribution in [3.63, 3.8) is 0 Å². The van der Waals surface area contributed by atoms with E-state index in [0.29, 0.717) is 19.7 Å². The Morgan fingerprint density at radius 3 is 2.29 bits per heavy atom. The van der Waals surface area contributed by atoms with Crippen molar-refractivity contribution in [2.24, 2.45) is 0 Å². The summed E-state index contributed by atoms with van der Waals surface area (Å²) in [6, 6.07) is 20.2. The standard InChI is InChI=1S/C26H30N2O3/c1-5-30-23-13-11-22(12-14-23)28-20(4)24(15-25(28)21-9-7-6-8-10-21)26(29)27-16-18(2)31-19(3)17-27/h6-15,18-19H,5,16-17H2,1-4H3. The van der Waals surface area contributed by atoms with E-state index in [1.165, 1.54) is 0 Å². The lowest BCUT2D eigenvalue weighted by molar-refractivity contribution is -0.0586. The van der Waals surface area contributed by atoms with Gasteiger partial charge in [-0.2, -0.15) is 0 Å². The Morgan fingerprint density at radius 1 is 1.03 bits per heavy atom. The third-order valence-electron chi connectivity index (χ3n) is 5.66. The van der Waals surface area contributed by atoms with E-state index < -0.39 is 0 Å². The maximum absolute atomic E-state index is 13.5. The molecule has 2 aromatic carbocycles. The number of carbonyl (C=O) groups excluding carboxylic acids is 1. The van der Waals surface area contributed by atoms with E-state index in [0.717, 1.165) is 34.0 Å². The van der Waals surface area contributed by atoms with Crippen molar-refractivity contribution < 1.29 is 14.3 Å². The van der Waals surface area contributed by atoms with Gasteiger partial charge in [0, 0.05) is 24.5 Å². The molecule has 0 saturated carbocycles. The van der Waals surface area contributed by atoms with E-state index in [1.807, 2.05) is 81.1 Å². The Labute approximate surface area is 184 Å². The number of hydrogen-bond acceptors (Lipinski definition) is 3. The summed E-state index contributed by atoms with van der Waals surface area (Å²) in [5.41, 5.74) is 4.73. The molecule has 5 heteroatoms. The Balaban J connectivity index is 1.78. The summed E-state index contributed by atoms with van der Waals surface area (Å²) in [5, 5.41) is 0. The third-order valence-corrected chi connectivity index (χ3v) is 5.66. The summed E-state index contributed by atoms with van der Waals surface area (Å²) in [6.45, 7) is 9.88. The molecule has 2 heterocycles. The molecule has 1 aromatic heterocycles. The number of hydrogen-bond donors (Lipinski definition) is 0. The van der Waals surface area contributed by atoms with Gasteiger partial charge in [-0.15, -0.1) is 0 Å². The van der Waals surface area contributed by atoms with Gasteiger partial charge in [0.15, 0.2) is 0 Å². The van der Waals surface area contributed by atoms with Crippen molar-refractivity contribution in [3.05, 3.63) is 71.9 Å². The lowest BCUT2D eigenvalue weighted by Crippen LogP contribution is -2.48. The number of amides is 1. The topological polar surface area (TPSA) is 43.7 Å². The van der Waals surface area contributed by atoms with Gasteiger partial charge in [-0.3, -0.25) is 4.79 Å². The van der Waals surface area contributed by atoms with E-state index in [-0.39, 0.29) is 18.1 Å². The first-order valence-corrected chi connectivity index (χ1v) is 10.9. The monoisotopic (exact) mass is 418 g/mol. The fourth-order valence-electron chi connectivity index (χ4n) is 4.35. The summed E-state index contributed by atoms with van der Waals surface area (Å²) in [5.74, 6) is 0.895. The molecule has 0 N–H and O–H groups in total. The van der Waals surface area contributed by atoms with Crippen LogP contribution in [0, 0.1) is 6.92 Å². The van der Waals surface area contributed by atoms with Crippen LogP contribution in [0.3, 0.4) is 0 Å². The number of carbonyl (C=O) groups is 1. The molecular weight excluding hydrogens is 388 g/mol. The van der Waals surface area contributed by atoms with Crippen LogP contribution in [-0.4, -0.2) is 47.3 Å². The SMILES string of the molecule is CCOc1ccc(-n2c(-c3ccccc3)cc(C(=O)N3CC(C)OC(C)C3)c2C)cc1. The third kappa shape index (κ3) is 4.37. The fourth-order valence-corrected chi connectivity index (χ4v) is 4.35. The highest BCUT2D eigenvalue weighted by molar-refractivity contribution is 5.97. The molecule has 1 aliphatic heterocycles. The highest BCUT2D eigenvalue weighted by Crippen LogP contribution is 2.31. The van der Waals surface area contributed by atoms with Gasteiger partial charge >= 0.3 is 0 Å². The van der Waals surface area contributed by atoms with Gasteiger partial charge in [-0.25, -0.2) is 0 Å². The number of rotatable bonds is 5. The number of morpholine rings is 1. The first-order chi connectivity index (χ1) is 15.0. The van der Waals surface area contributed by atoms with E-state index >= 15 is 0 Å². The van der Waals surface area contributed by atoms with Crippen LogP contribution >= 0.6 is 0 Å². The average molecular weight is 419 g/mol. The number of ether oxygens (including phenoxy) is 2. The van der Waals surface area contributed by atoms with Crippen LogP contribution in [0.25, 0.3) is 16.9 Å². The zero-order valence-corrected chi connectivity index (χ0v) is 18.7. The minimum absolute atomic E-state index is 0.0368. The van der Waals surface area contributed by atoms with Crippen LogP contribution in [0.2, 0.25) is 0 Å². The molecule has 2 atom stereocenters. The normalized spacial score (nSPS) is 18.8. The second-order valence-electron chi connectivity index (χ2n) is 8.12. The number of nitrogens with zero attached hydrogens (tertiary/aromatic N) is 2. The lowest BCUT2D eigenvalue weighted by Gasteiger charge is -2.35. The summed E-state index contributed by atoms with van der Waals surface area (Å²) in [4.78, 5) is 15.4. The first-order valence-electron chi connectivity index (χ1n) is 10.9. The maximum atomic E-state index is 13.5. The molecule has 31 heavy (non-hydrogen) atoms. The van der Waals surface area contributed by atoms with Crippen LogP contribution in [0.15, 0.2) is 60.7 Å². The molecule has 0 bridgehead atoms. The second kappa shape index (κ2) is 8.98. The van der Waals surface area contributed by atoms with Crippen LogP contribution in [0.5, 0.6) is 5.75 Å². The van der Waals surface area contributed by atoms with Crippen molar-refractivity contribution in [1.82, 2.24) is 9.47 Å². The Hall–Kier alpha value is -3.05. The summed E-state index contributed by atoms with van der Waals surface area (Å²) < 4.78 is 13.6. The largest absolute Gasteiger partial charge is 0.494 e. The van der Waals surface area contributed by atoms with Crippen molar-refractivity contribution in [2.75, 3.05) is 19.7 Å². The molecule has 1 saturated heterocycles. The van der Waals surface area contributed by atoms with Gasteiger partial charge in [-0.05, 0) is 63.6 Å². The molecule has 4 rings (SSSR count). The average Bonchev–Trinajstić information content (AvgIpc) is 3.11. The van der Waals surface area contributed by atoms with Gasteiger partial charge in [0.1, 0.15) is 5.75 Å². The van der Waals surface area contributed by atoms with Gasteiger partial charge in [0.2, 0.25) is 0 Å². The molecule has 1 aliphatic rings. The lowest BCUT2D eigenvalue weighted by atomic mass is 10.1. The molecule has 0 aliphatic carbocycles.